The van der Waals surface area contributed by atoms with Crippen molar-refractivity contribution < 1.29 is 13.2 Å². The van der Waals surface area contributed by atoms with Gasteiger partial charge in [0.15, 0.2) is 5.82 Å². The number of fused-ring (bicyclic) bond motifs is 1. The van der Waals surface area contributed by atoms with Crippen LogP contribution in [0.3, 0.4) is 0 Å². The normalized spacial score (nSPS) is 17.3. The Kier molecular flexibility index (Phi) is 6.29. The molecule has 0 N–H and O–H groups in total. The number of aromatic nitrogens is 7. The van der Waals surface area contributed by atoms with Gasteiger partial charge in [0.05, 0.1) is 47.7 Å². The van der Waals surface area contributed by atoms with Crippen molar-refractivity contribution in [1.82, 2.24) is 34.5 Å². The Morgan fingerprint density at radius 3 is 2.60 bits per heavy atom. The molecule has 5 aromatic heterocycles. The van der Waals surface area contributed by atoms with Gasteiger partial charge in [0.25, 0.3) is 0 Å². The van der Waals surface area contributed by atoms with Crippen LogP contribution in [0.4, 0.5) is 5.69 Å². The summed E-state index contributed by atoms with van der Waals surface area (Å²) in [5.74, 6) is 1.57. The van der Waals surface area contributed by atoms with E-state index in [2.05, 4.69) is 21.9 Å². The van der Waals surface area contributed by atoms with Gasteiger partial charge in [-0.05, 0) is 32.0 Å². The maximum absolute atomic E-state index is 11.9. The maximum atomic E-state index is 11.9. The van der Waals surface area contributed by atoms with E-state index in [0.717, 1.165) is 44.8 Å². The van der Waals surface area contributed by atoms with Gasteiger partial charge < -0.3 is 9.64 Å². The molecule has 0 bridgehead atoms. The van der Waals surface area contributed by atoms with Crippen LogP contribution in [-0.4, -0.2) is 74.6 Å². The number of hydrogen-bond donors (Lipinski definition) is 0. The molecule has 6 heterocycles. The van der Waals surface area contributed by atoms with Crippen molar-refractivity contribution in [3.8, 4) is 34.1 Å². The number of anilines is 1. The van der Waals surface area contributed by atoms with E-state index in [1.54, 1.807) is 36.6 Å². The molecule has 0 radical (unpaired) electrons. The molecule has 1 aliphatic rings. The van der Waals surface area contributed by atoms with Gasteiger partial charge in [-0.3, -0.25) is 14.6 Å². The lowest BCUT2D eigenvalue weighted by atomic mass is 9.91. The van der Waals surface area contributed by atoms with E-state index in [9.17, 15) is 8.42 Å². The Morgan fingerprint density at radius 2 is 1.90 bits per heavy atom. The summed E-state index contributed by atoms with van der Waals surface area (Å²) in [4.78, 5) is 16.3. The first-order chi connectivity index (χ1) is 19.1. The maximum Gasteiger partial charge on any atom is 0.156 e. The summed E-state index contributed by atoms with van der Waals surface area (Å²) in [6, 6.07) is 7.88. The zero-order chi connectivity index (χ0) is 28.2. The molecule has 1 saturated heterocycles. The molecule has 0 aliphatic carbocycles. The number of aryl methyl sites for hydroxylation is 2. The third kappa shape index (κ3) is 4.68. The smallest absolute Gasteiger partial charge is 0.156 e. The molecule has 0 aromatic carbocycles. The minimum Gasteiger partial charge on any atom is -0.496 e. The standard InChI is InChI=1S/C28H30N8O3S/c1-17-22-13-31-36(26(22)10-25(32-17)23-12-29-7-6-27(23)39-4)28-9-21(8-24(33-28)19-11-30-34(3)14-19)35-15-20(18(35)2)16-40(5,37)38/h6-14,18,20H,15-16H2,1-5H3/t18-,20-/m1/s1. The SMILES string of the molecule is COc1ccncc1-c1cc2c(cnn2-c2cc(N3C[C@H](CS(C)(=O)=O)[C@H]3C)cc(-c3cnn(C)c3)n2)c(C)n1. The predicted molar refractivity (Wildman–Crippen MR) is 153 cm³/mol. The minimum absolute atomic E-state index is 0.0668. The van der Waals surface area contributed by atoms with Crippen LogP contribution in [0.1, 0.15) is 12.6 Å². The van der Waals surface area contributed by atoms with Crippen molar-refractivity contribution in [2.75, 3.05) is 30.6 Å². The number of methoxy groups -OCH3 is 1. The minimum atomic E-state index is -3.06. The molecule has 0 unspecified atom stereocenters. The molecule has 1 fully saturated rings. The number of hydrogen-bond acceptors (Lipinski definition) is 9. The second-order valence-electron chi connectivity index (χ2n) is 10.4. The monoisotopic (exact) mass is 558 g/mol. The summed E-state index contributed by atoms with van der Waals surface area (Å²) in [6.07, 6.45) is 10.2. The van der Waals surface area contributed by atoms with Crippen molar-refractivity contribution in [2.45, 2.75) is 19.9 Å². The number of ether oxygens (including phenoxy) is 1. The van der Waals surface area contributed by atoms with Gasteiger partial charge in [0.1, 0.15) is 15.6 Å². The van der Waals surface area contributed by atoms with E-state index in [1.165, 1.54) is 6.26 Å². The van der Waals surface area contributed by atoms with Crippen LogP contribution in [0.15, 0.2) is 55.2 Å². The first-order valence-electron chi connectivity index (χ1n) is 12.9. The molecule has 206 valence electrons. The van der Waals surface area contributed by atoms with Gasteiger partial charge in [-0.1, -0.05) is 0 Å². The fourth-order valence-corrected chi connectivity index (χ4v) is 6.50. The molecular weight excluding hydrogens is 528 g/mol. The molecular formula is C28H30N8O3S. The van der Waals surface area contributed by atoms with E-state index in [1.807, 2.05) is 49.1 Å². The Hall–Kier alpha value is -4.32. The van der Waals surface area contributed by atoms with E-state index >= 15 is 0 Å². The van der Waals surface area contributed by atoms with Crippen LogP contribution in [0.2, 0.25) is 0 Å². The third-order valence-electron chi connectivity index (χ3n) is 7.50. The Bertz CT molecular complexity index is 1850. The van der Waals surface area contributed by atoms with Crippen molar-refractivity contribution in [1.29, 1.82) is 0 Å². The fourth-order valence-electron chi connectivity index (χ4n) is 5.34. The highest BCUT2D eigenvalue weighted by molar-refractivity contribution is 7.90. The second-order valence-corrected chi connectivity index (χ2v) is 12.6. The van der Waals surface area contributed by atoms with E-state index in [4.69, 9.17) is 19.8 Å². The summed E-state index contributed by atoms with van der Waals surface area (Å²) < 4.78 is 33.0. The lowest BCUT2D eigenvalue weighted by molar-refractivity contribution is 0.341. The van der Waals surface area contributed by atoms with Crippen LogP contribution >= 0.6 is 0 Å². The van der Waals surface area contributed by atoms with Gasteiger partial charge in [-0.25, -0.2) is 18.1 Å². The van der Waals surface area contributed by atoms with Crippen molar-refractivity contribution in [3.05, 3.63) is 60.9 Å². The van der Waals surface area contributed by atoms with Crippen molar-refractivity contribution in [3.63, 3.8) is 0 Å². The number of rotatable bonds is 7. The van der Waals surface area contributed by atoms with Crippen molar-refractivity contribution in [2.24, 2.45) is 13.0 Å². The average molecular weight is 559 g/mol. The van der Waals surface area contributed by atoms with Crippen LogP contribution in [0, 0.1) is 12.8 Å². The molecule has 40 heavy (non-hydrogen) atoms. The highest BCUT2D eigenvalue weighted by Gasteiger charge is 2.38. The van der Waals surface area contributed by atoms with E-state index in [0.29, 0.717) is 18.1 Å². The summed E-state index contributed by atoms with van der Waals surface area (Å²) in [7, 11) is 0.435. The summed E-state index contributed by atoms with van der Waals surface area (Å²) in [6.45, 7) is 4.67. The molecule has 1 aliphatic heterocycles. The van der Waals surface area contributed by atoms with E-state index in [-0.39, 0.29) is 17.7 Å². The number of nitrogens with zero attached hydrogens (tertiary/aromatic N) is 8. The highest BCUT2D eigenvalue weighted by Crippen LogP contribution is 2.36. The summed E-state index contributed by atoms with van der Waals surface area (Å²) >= 11 is 0. The number of sulfone groups is 1. The molecule has 12 heteroatoms. The zero-order valence-corrected chi connectivity index (χ0v) is 23.8. The highest BCUT2D eigenvalue weighted by atomic mass is 32.2. The largest absolute Gasteiger partial charge is 0.496 e. The molecule has 6 rings (SSSR count). The zero-order valence-electron chi connectivity index (χ0n) is 23.0. The lowest BCUT2D eigenvalue weighted by Crippen LogP contribution is -2.57. The van der Waals surface area contributed by atoms with Gasteiger partial charge in [-0.2, -0.15) is 10.2 Å². The Labute approximate surface area is 232 Å². The Morgan fingerprint density at radius 1 is 1.07 bits per heavy atom. The van der Waals surface area contributed by atoms with E-state index < -0.39 is 9.84 Å². The summed E-state index contributed by atoms with van der Waals surface area (Å²) in [5.41, 5.74) is 5.76. The van der Waals surface area contributed by atoms with Crippen LogP contribution in [-0.2, 0) is 16.9 Å². The quantitative estimate of drug-likeness (QED) is 0.296. The number of pyridine rings is 3. The molecule has 0 amide bonds. The molecule has 2 atom stereocenters. The van der Waals surface area contributed by atoms with Crippen LogP contribution < -0.4 is 9.64 Å². The molecule has 0 saturated carbocycles. The molecule has 0 spiro atoms. The lowest BCUT2D eigenvalue weighted by Gasteiger charge is -2.48. The summed E-state index contributed by atoms with van der Waals surface area (Å²) in [5, 5.41) is 9.96. The Balaban J connectivity index is 1.48. The molecule has 11 nitrogen and oxygen atoms in total. The van der Waals surface area contributed by atoms with Crippen LogP contribution in [0.5, 0.6) is 5.75 Å². The second kappa shape index (κ2) is 9.70. The molecule has 5 aromatic rings. The first-order valence-corrected chi connectivity index (χ1v) is 15.0. The van der Waals surface area contributed by atoms with Gasteiger partial charge in [-0.15, -0.1) is 0 Å². The fraction of sp³-hybridized carbons (Fsp3) is 0.321. The van der Waals surface area contributed by atoms with Gasteiger partial charge in [0, 0.05) is 78.8 Å². The van der Waals surface area contributed by atoms with Gasteiger partial charge >= 0.3 is 0 Å². The first kappa shape index (κ1) is 25.9. The van der Waals surface area contributed by atoms with Crippen molar-refractivity contribution >= 4 is 26.4 Å². The third-order valence-corrected chi connectivity index (χ3v) is 8.54. The van der Waals surface area contributed by atoms with Gasteiger partial charge in [0.2, 0.25) is 0 Å². The predicted octanol–water partition coefficient (Wildman–Crippen LogP) is 3.46. The average Bonchev–Trinajstić information content (AvgIpc) is 3.56. The topological polar surface area (TPSA) is 121 Å². The van der Waals surface area contributed by atoms with Crippen LogP contribution in [0.25, 0.3) is 39.2 Å².